The van der Waals surface area contributed by atoms with E-state index in [0.717, 1.165) is 5.56 Å². The van der Waals surface area contributed by atoms with Crippen molar-refractivity contribution < 1.29 is 9.47 Å². The van der Waals surface area contributed by atoms with Gasteiger partial charge < -0.3 is 14.0 Å². The summed E-state index contributed by atoms with van der Waals surface area (Å²) in [5.41, 5.74) is 1.62. The van der Waals surface area contributed by atoms with E-state index in [1.807, 2.05) is 12.1 Å². The molecule has 0 aliphatic carbocycles. The van der Waals surface area contributed by atoms with Crippen LogP contribution in [-0.4, -0.2) is 11.4 Å². The van der Waals surface area contributed by atoms with Gasteiger partial charge in [-0.3, -0.25) is 4.79 Å². The van der Waals surface area contributed by atoms with Gasteiger partial charge in [0.15, 0.2) is 11.5 Å². The van der Waals surface area contributed by atoms with Crippen LogP contribution in [0.4, 0.5) is 0 Å². The van der Waals surface area contributed by atoms with Crippen LogP contribution in [0.5, 0.6) is 11.5 Å². The van der Waals surface area contributed by atoms with Gasteiger partial charge in [-0.05, 0) is 30.7 Å². The van der Waals surface area contributed by atoms with E-state index >= 15 is 0 Å². The van der Waals surface area contributed by atoms with Gasteiger partial charge in [0, 0.05) is 11.8 Å². The Bertz CT molecular complexity index is 694. The minimum absolute atomic E-state index is 0.00344. The normalized spacial score (nSPS) is 12.7. The van der Waals surface area contributed by atoms with Gasteiger partial charge in [-0.1, -0.05) is 17.7 Å². The molecule has 0 radical (unpaired) electrons. The summed E-state index contributed by atoms with van der Waals surface area (Å²) in [4.78, 5) is 12.0. The van der Waals surface area contributed by atoms with E-state index in [2.05, 4.69) is 0 Å². The van der Waals surface area contributed by atoms with E-state index in [1.54, 1.807) is 29.8 Å². The Balaban J connectivity index is 1.98. The third-order valence-electron chi connectivity index (χ3n) is 3.05. The second kappa shape index (κ2) is 4.63. The Labute approximate surface area is 115 Å². The molecule has 4 nitrogen and oxygen atoms in total. The molecule has 3 rings (SSSR count). The van der Waals surface area contributed by atoms with Crippen LogP contribution in [0.3, 0.4) is 0 Å². The highest BCUT2D eigenvalue weighted by Crippen LogP contribution is 2.39. The molecule has 0 fully saturated rings. The number of nitrogens with zero attached hydrogens (tertiary/aromatic N) is 1. The van der Waals surface area contributed by atoms with E-state index in [-0.39, 0.29) is 12.4 Å². The molecule has 2 heterocycles. The van der Waals surface area contributed by atoms with Gasteiger partial charge in [0.25, 0.3) is 5.56 Å². The summed E-state index contributed by atoms with van der Waals surface area (Å²) < 4.78 is 12.2. The molecule has 1 aliphatic rings. The van der Waals surface area contributed by atoms with Crippen LogP contribution in [0.25, 0.3) is 0 Å². The van der Waals surface area contributed by atoms with E-state index in [0.29, 0.717) is 28.6 Å². The summed E-state index contributed by atoms with van der Waals surface area (Å²) in [5, 5.41) is 0.505. The van der Waals surface area contributed by atoms with Crippen molar-refractivity contribution in [3.05, 3.63) is 57.0 Å². The molecular weight excluding hydrogens is 266 g/mol. The second-order valence-corrected chi connectivity index (χ2v) is 4.84. The number of aryl methyl sites for hydroxylation is 1. The van der Waals surface area contributed by atoms with Gasteiger partial charge in [-0.2, -0.15) is 0 Å². The minimum atomic E-state index is -0.00344. The van der Waals surface area contributed by atoms with Crippen LogP contribution in [0.1, 0.15) is 11.1 Å². The molecule has 0 atom stereocenters. The van der Waals surface area contributed by atoms with Gasteiger partial charge in [0.05, 0.1) is 11.6 Å². The maximum absolute atomic E-state index is 12.0. The van der Waals surface area contributed by atoms with Gasteiger partial charge in [-0.25, -0.2) is 0 Å². The average Bonchev–Trinajstić information content (AvgIpc) is 2.84. The number of hydrogen-bond donors (Lipinski definition) is 0. The fourth-order valence-electron chi connectivity index (χ4n) is 2.09. The molecule has 0 saturated heterocycles. The first-order valence-electron chi connectivity index (χ1n) is 5.89. The zero-order valence-corrected chi connectivity index (χ0v) is 11.1. The lowest BCUT2D eigenvalue weighted by Crippen LogP contribution is -2.21. The molecule has 2 aromatic rings. The number of hydrogen-bond acceptors (Lipinski definition) is 3. The van der Waals surface area contributed by atoms with E-state index in [9.17, 15) is 4.79 Å². The van der Waals surface area contributed by atoms with Crippen molar-refractivity contribution in [1.29, 1.82) is 0 Å². The zero-order chi connectivity index (χ0) is 13.4. The highest BCUT2D eigenvalue weighted by molar-refractivity contribution is 6.32. The largest absolute Gasteiger partial charge is 0.454 e. The van der Waals surface area contributed by atoms with Gasteiger partial charge in [0.2, 0.25) is 6.79 Å². The Hall–Kier alpha value is -1.94. The third kappa shape index (κ3) is 2.19. The van der Waals surface area contributed by atoms with E-state index in [1.165, 1.54) is 0 Å². The van der Waals surface area contributed by atoms with Gasteiger partial charge in [0.1, 0.15) is 0 Å². The summed E-state index contributed by atoms with van der Waals surface area (Å²) >= 11 is 6.12. The molecular formula is C14H12ClNO3. The van der Waals surface area contributed by atoms with Crippen LogP contribution in [-0.2, 0) is 6.54 Å². The molecule has 5 heteroatoms. The van der Waals surface area contributed by atoms with Crippen molar-refractivity contribution in [3.63, 3.8) is 0 Å². The van der Waals surface area contributed by atoms with Crippen LogP contribution in [0.15, 0.2) is 35.3 Å². The minimum Gasteiger partial charge on any atom is -0.454 e. The number of ether oxygens (including phenoxy) is 2. The first-order valence-corrected chi connectivity index (χ1v) is 6.27. The van der Waals surface area contributed by atoms with Crippen LogP contribution in [0, 0.1) is 6.92 Å². The van der Waals surface area contributed by atoms with Crippen LogP contribution >= 0.6 is 11.6 Å². The van der Waals surface area contributed by atoms with Gasteiger partial charge in [-0.15, -0.1) is 0 Å². The lowest BCUT2D eigenvalue weighted by molar-refractivity contribution is 0.174. The highest BCUT2D eigenvalue weighted by atomic mass is 35.5. The number of benzene rings is 1. The fourth-order valence-corrected chi connectivity index (χ4v) is 2.38. The van der Waals surface area contributed by atoms with Crippen LogP contribution < -0.4 is 15.0 Å². The summed E-state index contributed by atoms with van der Waals surface area (Å²) in [7, 11) is 0. The second-order valence-electron chi connectivity index (χ2n) is 4.44. The lowest BCUT2D eigenvalue weighted by Gasteiger charge is -2.08. The predicted molar refractivity (Wildman–Crippen MR) is 72.1 cm³/mol. The standard InChI is InChI=1S/C14H12ClNO3/c1-9-3-2-4-16(14(9)17)7-10-5-11(15)13-12(6-10)18-8-19-13/h2-6H,7-8H2,1H3. The summed E-state index contributed by atoms with van der Waals surface area (Å²) in [5.74, 6) is 1.20. The van der Waals surface area contributed by atoms with Crippen molar-refractivity contribution in [3.8, 4) is 11.5 Å². The molecule has 19 heavy (non-hydrogen) atoms. The SMILES string of the molecule is Cc1cccn(Cc2cc(Cl)c3c(c2)OCO3)c1=O. The Morgan fingerprint density at radius 1 is 1.37 bits per heavy atom. The molecule has 0 spiro atoms. The average molecular weight is 278 g/mol. The summed E-state index contributed by atoms with van der Waals surface area (Å²) in [6.45, 7) is 2.44. The molecule has 0 bridgehead atoms. The van der Waals surface area contributed by atoms with Crippen molar-refractivity contribution in [1.82, 2.24) is 4.57 Å². The molecule has 0 N–H and O–H groups in total. The number of pyridine rings is 1. The zero-order valence-electron chi connectivity index (χ0n) is 10.4. The molecule has 98 valence electrons. The molecule has 1 aromatic heterocycles. The number of halogens is 1. The Morgan fingerprint density at radius 2 is 2.21 bits per heavy atom. The third-order valence-corrected chi connectivity index (χ3v) is 3.33. The molecule has 0 unspecified atom stereocenters. The highest BCUT2D eigenvalue weighted by Gasteiger charge is 2.18. The van der Waals surface area contributed by atoms with E-state index < -0.39 is 0 Å². The first-order chi connectivity index (χ1) is 9.15. The summed E-state index contributed by atoms with van der Waals surface area (Å²) in [6.07, 6.45) is 1.76. The molecule has 0 amide bonds. The van der Waals surface area contributed by atoms with Crippen molar-refractivity contribution in [2.24, 2.45) is 0 Å². The number of fused-ring (bicyclic) bond motifs is 1. The first kappa shape index (κ1) is 12.1. The maximum Gasteiger partial charge on any atom is 0.253 e. The molecule has 1 aliphatic heterocycles. The Kier molecular flexibility index (Phi) is 2.95. The quantitative estimate of drug-likeness (QED) is 0.847. The van der Waals surface area contributed by atoms with Gasteiger partial charge >= 0.3 is 0 Å². The molecule has 1 aromatic carbocycles. The van der Waals surface area contributed by atoms with E-state index in [4.69, 9.17) is 21.1 Å². The van der Waals surface area contributed by atoms with Crippen molar-refractivity contribution in [2.45, 2.75) is 13.5 Å². The summed E-state index contributed by atoms with van der Waals surface area (Å²) in [6, 6.07) is 7.30. The lowest BCUT2D eigenvalue weighted by atomic mass is 10.2. The van der Waals surface area contributed by atoms with Crippen LogP contribution in [0.2, 0.25) is 5.02 Å². The Morgan fingerprint density at radius 3 is 3.05 bits per heavy atom. The maximum atomic E-state index is 12.0. The smallest absolute Gasteiger partial charge is 0.253 e. The van der Waals surface area contributed by atoms with Crippen molar-refractivity contribution >= 4 is 11.6 Å². The number of rotatable bonds is 2. The topological polar surface area (TPSA) is 40.5 Å². The number of aromatic nitrogens is 1. The predicted octanol–water partition coefficient (Wildman–Crippen LogP) is 2.59. The van der Waals surface area contributed by atoms with Crippen molar-refractivity contribution in [2.75, 3.05) is 6.79 Å². The fraction of sp³-hybridized carbons (Fsp3) is 0.214. The molecule has 0 saturated carbocycles. The monoisotopic (exact) mass is 277 g/mol.